The summed E-state index contributed by atoms with van der Waals surface area (Å²) in [5.74, 6) is -0.0138. The van der Waals surface area contributed by atoms with Gasteiger partial charge in [-0.15, -0.1) is 0 Å². The molecule has 2 N–H and O–H groups in total. The molecule has 2 aromatic rings. The molecule has 3 rings (SSSR count). The van der Waals surface area contributed by atoms with Crippen LogP contribution in [0.4, 0.5) is 22.7 Å². The molecule has 160 valence electrons. The van der Waals surface area contributed by atoms with E-state index in [1.165, 1.54) is 12.1 Å². The number of para-hydroxylation sites is 2. The number of nitrogens with zero attached hydrogens (tertiary/aromatic N) is 3. The van der Waals surface area contributed by atoms with Gasteiger partial charge in [-0.25, -0.2) is 0 Å². The Balaban J connectivity index is 1.45. The summed E-state index contributed by atoms with van der Waals surface area (Å²) >= 11 is 0. The van der Waals surface area contributed by atoms with E-state index >= 15 is 0 Å². The lowest BCUT2D eigenvalue weighted by atomic mass is 10.2. The van der Waals surface area contributed by atoms with Gasteiger partial charge in [0.2, 0.25) is 5.91 Å². The highest BCUT2D eigenvalue weighted by atomic mass is 16.6. The first-order valence-electron chi connectivity index (χ1n) is 10.4. The Labute approximate surface area is 177 Å². The normalized spacial score (nSPS) is 14.4. The molecule has 1 aliphatic rings. The fourth-order valence-corrected chi connectivity index (χ4v) is 3.56. The highest BCUT2D eigenvalue weighted by molar-refractivity contribution is 5.94. The van der Waals surface area contributed by atoms with Crippen molar-refractivity contribution in [1.82, 2.24) is 4.90 Å². The minimum atomic E-state index is -0.421. The summed E-state index contributed by atoms with van der Waals surface area (Å²) in [6.45, 7) is 7.85. The number of carbonyl (C=O) groups is 1. The summed E-state index contributed by atoms with van der Waals surface area (Å²) in [4.78, 5) is 27.5. The molecule has 1 fully saturated rings. The minimum absolute atomic E-state index is 0.0138. The Morgan fingerprint density at radius 2 is 1.77 bits per heavy atom. The van der Waals surface area contributed by atoms with Gasteiger partial charge in [0.15, 0.2) is 0 Å². The number of amides is 1. The van der Waals surface area contributed by atoms with Gasteiger partial charge in [-0.3, -0.25) is 14.9 Å². The van der Waals surface area contributed by atoms with E-state index < -0.39 is 4.92 Å². The predicted molar refractivity (Wildman–Crippen MR) is 120 cm³/mol. The number of likely N-dealkylation sites (N-methyl/N-ethyl adjacent to an activating group) is 1. The van der Waals surface area contributed by atoms with Crippen molar-refractivity contribution < 1.29 is 9.72 Å². The van der Waals surface area contributed by atoms with E-state index in [9.17, 15) is 14.9 Å². The van der Waals surface area contributed by atoms with E-state index in [0.29, 0.717) is 19.4 Å². The topological polar surface area (TPSA) is 90.8 Å². The second-order valence-corrected chi connectivity index (χ2v) is 7.32. The summed E-state index contributed by atoms with van der Waals surface area (Å²) in [6, 6.07) is 14.2. The smallest absolute Gasteiger partial charge is 0.269 e. The van der Waals surface area contributed by atoms with Crippen molar-refractivity contribution in [2.24, 2.45) is 0 Å². The summed E-state index contributed by atoms with van der Waals surface area (Å²) in [5, 5.41) is 16.9. The summed E-state index contributed by atoms with van der Waals surface area (Å²) in [5.41, 5.74) is 2.80. The summed E-state index contributed by atoms with van der Waals surface area (Å²) in [6.07, 6.45) is 1.07. The van der Waals surface area contributed by atoms with E-state index in [4.69, 9.17) is 0 Å². The number of hydrogen-bond donors (Lipinski definition) is 2. The van der Waals surface area contributed by atoms with Crippen LogP contribution in [-0.2, 0) is 4.79 Å². The van der Waals surface area contributed by atoms with Gasteiger partial charge in [-0.2, -0.15) is 0 Å². The molecule has 1 heterocycles. The molecular formula is C22H29N5O3. The summed E-state index contributed by atoms with van der Waals surface area (Å²) < 4.78 is 0. The third kappa shape index (κ3) is 5.93. The molecule has 8 nitrogen and oxygen atoms in total. The van der Waals surface area contributed by atoms with Crippen LogP contribution in [0, 0.1) is 10.1 Å². The van der Waals surface area contributed by atoms with Crippen LogP contribution >= 0.6 is 0 Å². The lowest BCUT2D eigenvalue weighted by molar-refractivity contribution is -0.384. The molecule has 30 heavy (non-hydrogen) atoms. The van der Waals surface area contributed by atoms with Gasteiger partial charge in [0.05, 0.1) is 16.3 Å². The first-order valence-corrected chi connectivity index (χ1v) is 10.4. The average Bonchev–Trinajstić information content (AvgIpc) is 2.77. The molecule has 0 aromatic heterocycles. The lowest BCUT2D eigenvalue weighted by Crippen LogP contribution is -2.46. The van der Waals surface area contributed by atoms with Crippen molar-refractivity contribution in [2.45, 2.75) is 19.8 Å². The number of nitrogens with one attached hydrogen (secondary N) is 2. The van der Waals surface area contributed by atoms with Crippen molar-refractivity contribution >= 4 is 28.7 Å². The van der Waals surface area contributed by atoms with Gasteiger partial charge in [0, 0.05) is 57.0 Å². The number of non-ortho nitro benzene ring substituents is 1. The molecule has 0 radical (unpaired) electrons. The Kier molecular flexibility index (Phi) is 7.62. The maximum absolute atomic E-state index is 12.4. The van der Waals surface area contributed by atoms with Gasteiger partial charge >= 0.3 is 0 Å². The standard InChI is InChI=1S/C22H29N5O3/c1-2-25-14-16-26(17-15-25)21-7-4-3-6-20(21)24-22(28)8-5-13-23-18-9-11-19(12-10-18)27(29)30/h3-4,6-7,9-12,23H,2,5,8,13-17H2,1H3,(H,24,28). The van der Waals surface area contributed by atoms with Gasteiger partial charge < -0.3 is 20.4 Å². The highest BCUT2D eigenvalue weighted by Crippen LogP contribution is 2.27. The van der Waals surface area contributed by atoms with Crippen LogP contribution in [-0.4, -0.2) is 55.0 Å². The van der Waals surface area contributed by atoms with E-state index in [2.05, 4.69) is 33.4 Å². The third-order valence-electron chi connectivity index (χ3n) is 5.33. The second kappa shape index (κ2) is 10.6. The molecule has 0 spiro atoms. The Morgan fingerprint density at radius 3 is 2.43 bits per heavy atom. The number of rotatable bonds is 9. The molecular weight excluding hydrogens is 382 g/mol. The monoisotopic (exact) mass is 411 g/mol. The van der Waals surface area contributed by atoms with Gasteiger partial charge in [-0.05, 0) is 37.2 Å². The van der Waals surface area contributed by atoms with Crippen molar-refractivity contribution in [3.63, 3.8) is 0 Å². The van der Waals surface area contributed by atoms with Crippen LogP contribution in [0.1, 0.15) is 19.8 Å². The number of hydrogen-bond acceptors (Lipinski definition) is 6. The second-order valence-electron chi connectivity index (χ2n) is 7.32. The molecule has 0 saturated carbocycles. The van der Waals surface area contributed by atoms with E-state index in [-0.39, 0.29) is 11.6 Å². The molecule has 0 bridgehead atoms. The van der Waals surface area contributed by atoms with Crippen molar-refractivity contribution in [2.75, 3.05) is 54.8 Å². The van der Waals surface area contributed by atoms with Crippen molar-refractivity contribution in [1.29, 1.82) is 0 Å². The zero-order valence-electron chi connectivity index (χ0n) is 17.3. The van der Waals surface area contributed by atoms with Gasteiger partial charge in [0.1, 0.15) is 0 Å². The lowest BCUT2D eigenvalue weighted by Gasteiger charge is -2.36. The summed E-state index contributed by atoms with van der Waals surface area (Å²) in [7, 11) is 0. The zero-order valence-corrected chi connectivity index (χ0v) is 17.3. The number of carbonyl (C=O) groups excluding carboxylic acids is 1. The zero-order chi connectivity index (χ0) is 21.3. The number of nitro benzene ring substituents is 1. The number of benzene rings is 2. The van der Waals surface area contributed by atoms with Crippen LogP contribution in [0.15, 0.2) is 48.5 Å². The largest absolute Gasteiger partial charge is 0.385 e. The maximum Gasteiger partial charge on any atom is 0.269 e. The SMILES string of the molecule is CCN1CCN(c2ccccc2NC(=O)CCCNc2ccc([N+](=O)[O-])cc2)CC1. The maximum atomic E-state index is 12.4. The highest BCUT2D eigenvalue weighted by Gasteiger charge is 2.18. The average molecular weight is 412 g/mol. The van der Waals surface area contributed by atoms with Crippen molar-refractivity contribution in [3.8, 4) is 0 Å². The number of piperazine rings is 1. The van der Waals surface area contributed by atoms with Crippen LogP contribution < -0.4 is 15.5 Å². The first kappa shape index (κ1) is 21.6. The van der Waals surface area contributed by atoms with E-state index in [1.807, 2.05) is 18.2 Å². The first-order chi connectivity index (χ1) is 14.6. The fourth-order valence-electron chi connectivity index (χ4n) is 3.56. The molecule has 1 saturated heterocycles. The molecule has 8 heteroatoms. The Hall–Kier alpha value is -3.13. The minimum Gasteiger partial charge on any atom is -0.385 e. The van der Waals surface area contributed by atoms with Crippen LogP contribution in [0.2, 0.25) is 0 Å². The molecule has 0 atom stereocenters. The molecule has 1 amide bonds. The van der Waals surface area contributed by atoms with E-state index in [0.717, 1.165) is 49.8 Å². The van der Waals surface area contributed by atoms with E-state index in [1.54, 1.807) is 12.1 Å². The van der Waals surface area contributed by atoms with Crippen LogP contribution in [0.25, 0.3) is 0 Å². The number of anilines is 3. The fraction of sp³-hybridized carbons (Fsp3) is 0.409. The third-order valence-corrected chi connectivity index (χ3v) is 5.33. The van der Waals surface area contributed by atoms with Crippen molar-refractivity contribution in [3.05, 3.63) is 58.6 Å². The molecule has 0 unspecified atom stereocenters. The molecule has 2 aromatic carbocycles. The molecule has 1 aliphatic heterocycles. The number of nitro groups is 1. The van der Waals surface area contributed by atoms with Gasteiger partial charge in [-0.1, -0.05) is 19.1 Å². The predicted octanol–water partition coefficient (Wildman–Crippen LogP) is 3.57. The van der Waals surface area contributed by atoms with Gasteiger partial charge in [0.25, 0.3) is 5.69 Å². The quantitative estimate of drug-likeness (QED) is 0.372. The van der Waals surface area contributed by atoms with Crippen LogP contribution in [0.5, 0.6) is 0 Å². The molecule has 0 aliphatic carbocycles. The Bertz CT molecular complexity index is 848. The Morgan fingerprint density at radius 1 is 1.07 bits per heavy atom. The van der Waals surface area contributed by atoms with Crippen LogP contribution in [0.3, 0.4) is 0 Å².